The van der Waals surface area contributed by atoms with Gasteiger partial charge in [-0.3, -0.25) is 0 Å². The fourth-order valence-corrected chi connectivity index (χ4v) is 2.05. The van der Waals surface area contributed by atoms with E-state index in [4.69, 9.17) is 44.0 Å². The summed E-state index contributed by atoms with van der Waals surface area (Å²) in [6.07, 6.45) is 4.54. The highest BCUT2D eigenvalue weighted by Gasteiger charge is 2.14. The minimum Gasteiger partial charge on any atom is -0.496 e. The zero-order valence-corrected chi connectivity index (χ0v) is 14.4. The molecule has 120 valence electrons. The molecule has 6 heteroatoms. The van der Waals surface area contributed by atoms with E-state index in [2.05, 4.69) is 0 Å². The van der Waals surface area contributed by atoms with Gasteiger partial charge >= 0.3 is 5.63 Å². The van der Waals surface area contributed by atoms with Crippen LogP contribution in [-0.2, 0) is 4.74 Å². The summed E-state index contributed by atoms with van der Waals surface area (Å²) >= 11 is 16.9. The smallest absolute Gasteiger partial charge is 0.336 e. The Labute approximate surface area is 148 Å². The van der Waals surface area contributed by atoms with Gasteiger partial charge in [-0.15, -0.1) is 0 Å². The van der Waals surface area contributed by atoms with E-state index >= 15 is 0 Å². The van der Waals surface area contributed by atoms with Crippen molar-refractivity contribution in [3.05, 3.63) is 75.8 Å². The number of hydrogen-bond acceptors (Lipinski definition) is 3. The summed E-state index contributed by atoms with van der Waals surface area (Å²) in [5.41, 5.74) is 0.982. The molecule has 3 nitrogen and oxygen atoms in total. The molecule has 0 bridgehead atoms. The van der Waals surface area contributed by atoms with Crippen molar-refractivity contribution in [3.63, 3.8) is 0 Å². The number of allylic oxidation sites excluding steroid dienone is 1. The van der Waals surface area contributed by atoms with Gasteiger partial charge in [0.2, 0.25) is 3.79 Å². The Morgan fingerprint density at radius 2 is 1.87 bits per heavy atom. The molecule has 0 aliphatic rings. The van der Waals surface area contributed by atoms with Crippen molar-refractivity contribution in [2.45, 2.75) is 3.79 Å². The zero-order valence-electron chi connectivity index (χ0n) is 12.1. The van der Waals surface area contributed by atoms with Crippen molar-refractivity contribution < 1.29 is 9.15 Å². The molecule has 0 radical (unpaired) electrons. The van der Waals surface area contributed by atoms with Crippen LogP contribution in [0, 0.1) is 0 Å². The van der Waals surface area contributed by atoms with Crippen LogP contribution in [0.15, 0.2) is 57.8 Å². The third-order valence-corrected chi connectivity index (χ3v) is 3.21. The number of halogens is 3. The van der Waals surface area contributed by atoms with E-state index in [-0.39, 0.29) is 5.76 Å². The van der Waals surface area contributed by atoms with Gasteiger partial charge < -0.3 is 9.15 Å². The summed E-state index contributed by atoms with van der Waals surface area (Å²) in [5, 5.41) is 0. The van der Waals surface area contributed by atoms with Crippen LogP contribution in [0.1, 0.15) is 16.9 Å². The zero-order chi connectivity index (χ0) is 16.9. The average Bonchev–Trinajstić information content (AvgIpc) is 2.50. The molecule has 0 N–H and O–H groups in total. The summed E-state index contributed by atoms with van der Waals surface area (Å²) in [6.45, 7) is 0. The third kappa shape index (κ3) is 5.79. The van der Waals surface area contributed by atoms with Gasteiger partial charge in [-0.1, -0.05) is 65.1 Å². The van der Waals surface area contributed by atoms with Gasteiger partial charge in [-0.2, -0.15) is 0 Å². The van der Waals surface area contributed by atoms with E-state index in [1.165, 1.54) is 25.3 Å². The molecule has 0 unspecified atom stereocenters. The first-order valence-electron chi connectivity index (χ1n) is 6.60. The Balaban J connectivity index is 2.42. The Morgan fingerprint density at radius 3 is 2.48 bits per heavy atom. The monoisotopic (exact) mass is 370 g/mol. The predicted molar refractivity (Wildman–Crippen MR) is 95.6 cm³/mol. The number of hydrogen-bond donors (Lipinski definition) is 0. The standard InChI is InChI=1S/C17H13Cl3O3/c1-22-15(9-12-5-3-2-4-6-12)13-10-14(23-16(21)11-13)7-8-17(18,19)20/h2-11H,1H3. The second-order valence-electron chi connectivity index (χ2n) is 4.57. The number of ether oxygens (including phenoxy) is 1. The van der Waals surface area contributed by atoms with Crippen LogP contribution in [0.2, 0.25) is 0 Å². The SMILES string of the molecule is COC(=Cc1ccccc1)c1cc(C=CC(Cl)(Cl)Cl)oc(=O)c1. The van der Waals surface area contributed by atoms with Crippen molar-refractivity contribution in [1.29, 1.82) is 0 Å². The molecule has 0 aliphatic carbocycles. The van der Waals surface area contributed by atoms with Gasteiger partial charge in [0.05, 0.1) is 7.11 Å². The molecule has 1 aromatic heterocycles. The maximum atomic E-state index is 11.7. The van der Waals surface area contributed by atoms with Crippen molar-refractivity contribution in [2.75, 3.05) is 7.11 Å². The van der Waals surface area contributed by atoms with Crippen molar-refractivity contribution in [1.82, 2.24) is 0 Å². The Bertz CT molecular complexity index is 772. The minimum atomic E-state index is -1.57. The van der Waals surface area contributed by atoms with Crippen LogP contribution < -0.4 is 5.63 Å². The van der Waals surface area contributed by atoms with Crippen LogP contribution in [0.25, 0.3) is 17.9 Å². The molecule has 0 fully saturated rings. The fraction of sp³-hybridized carbons (Fsp3) is 0.118. The fourth-order valence-electron chi connectivity index (χ4n) is 1.86. The van der Waals surface area contributed by atoms with E-state index in [9.17, 15) is 4.79 Å². The molecule has 0 amide bonds. The minimum absolute atomic E-state index is 0.259. The summed E-state index contributed by atoms with van der Waals surface area (Å²) < 4.78 is 8.86. The van der Waals surface area contributed by atoms with Gasteiger partial charge in [-0.25, -0.2) is 4.79 Å². The molecule has 0 saturated carbocycles. The molecule has 0 atom stereocenters. The quantitative estimate of drug-likeness (QED) is 0.550. The molecule has 2 aromatic rings. The van der Waals surface area contributed by atoms with E-state index in [1.54, 1.807) is 6.07 Å². The highest BCUT2D eigenvalue weighted by molar-refractivity contribution is 6.69. The lowest BCUT2D eigenvalue weighted by Crippen LogP contribution is -2.02. The lowest BCUT2D eigenvalue weighted by Gasteiger charge is -2.07. The first-order valence-corrected chi connectivity index (χ1v) is 7.73. The van der Waals surface area contributed by atoms with Crippen LogP contribution in [-0.4, -0.2) is 10.9 Å². The second-order valence-corrected chi connectivity index (χ2v) is 6.93. The molecule has 0 saturated heterocycles. The van der Waals surface area contributed by atoms with Crippen LogP contribution >= 0.6 is 34.8 Å². The van der Waals surface area contributed by atoms with Gasteiger partial charge in [0.1, 0.15) is 11.5 Å². The molecular weight excluding hydrogens is 359 g/mol. The number of alkyl halides is 3. The highest BCUT2D eigenvalue weighted by atomic mass is 35.6. The van der Waals surface area contributed by atoms with Crippen LogP contribution in [0.4, 0.5) is 0 Å². The lowest BCUT2D eigenvalue weighted by molar-refractivity contribution is 0.371. The van der Waals surface area contributed by atoms with E-state index < -0.39 is 9.42 Å². The van der Waals surface area contributed by atoms with Gasteiger partial charge in [0.15, 0.2) is 0 Å². The van der Waals surface area contributed by atoms with Gasteiger partial charge in [0, 0.05) is 11.6 Å². The molecule has 2 rings (SSSR count). The molecule has 0 aliphatic heterocycles. The maximum Gasteiger partial charge on any atom is 0.336 e. The number of benzene rings is 1. The van der Waals surface area contributed by atoms with Gasteiger partial charge in [-0.05, 0) is 29.9 Å². The topological polar surface area (TPSA) is 39.4 Å². The lowest BCUT2D eigenvalue weighted by atomic mass is 10.1. The number of rotatable bonds is 4. The van der Waals surface area contributed by atoms with E-state index in [0.717, 1.165) is 5.56 Å². The molecule has 23 heavy (non-hydrogen) atoms. The average molecular weight is 372 g/mol. The van der Waals surface area contributed by atoms with Gasteiger partial charge in [0.25, 0.3) is 0 Å². The summed E-state index contributed by atoms with van der Waals surface area (Å²) in [4.78, 5) is 11.7. The van der Waals surface area contributed by atoms with Crippen molar-refractivity contribution >= 4 is 52.7 Å². The summed E-state index contributed by atoms with van der Waals surface area (Å²) in [7, 11) is 1.53. The third-order valence-electron chi connectivity index (χ3n) is 2.83. The largest absolute Gasteiger partial charge is 0.496 e. The maximum absolute atomic E-state index is 11.7. The Morgan fingerprint density at radius 1 is 1.17 bits per heavy atom. The van der Waals surface area contributed by atoms with Crippen molar-refractivity contribution in [2.24, 2.45) is 0 Å². The van der Waals surface area contributed by atoms with Crippen LogP contribution in [0.3, 0.4) is 0 Å². The number of methoxy groups -OCH3 is 1. The molecule has 1 heterocycles. The molecule has 0 spiro atoms. The Hall–Kier alpha value is -1.68. The summed E-state index contributed by atoms with van der Waals surface area (Å²) in [6, 6.07) is 12.6. The predicted octanol–water partition coefficient (Wildman–Crippen LogP) is 5.17. The first-order chi connectivity index (χ1) is 10.9. The summed E-state index contributed by atoms with van der Waals surface area (Å²) in [5.74, 6) is 0.780. The first kappa shape index (κ1) is 17.7. The van der Waals surface area contributed by atoms with E-state index in [1.807, 2.05) is 36.4 Å². The highest BCUT2D eigenvalue weighted by Crippen LogP contribution is 2.28. The second kappa shape index (κ2) is 7.73. The normalized spacial score (nSPS) is 12.6. The van der Waals surface area contributed by atoms with E-state index in [0.29, 0.717) is 11.3 Å². The van der Waals surface area contributed by atoms with Crippen LogP contribution in [0.5, 0.6) is 0 Å². The molecular formula is C17H13Cl3O3. The van der Waals surface area contributed by atoms with Crippen molar-refractivity contribution in [3.8, 4) is 0 Å². The molecule has 1 aromatic carbocycles. The Kier molecular flexibility index (Phi) is 5.94.